The number of carboxylic acids is 1. The second-order valence-corrected chi connectivity index (χ2v) is 8.45. The van der Waals surface area contributed by atoms with Crippen LogP contribution in [0.5, 0.6) is 11.5 Å². The molecular weight excluding hydrogens is 518 g/mol. The minimum absolute atomic E-state index is 0.205. The van der Waals surface area contributed by atoms with Crippen molar-refractivity contribution in [3.8, 4) is 11.5 Å². The SMILES string of the molecule is COc1cc(C=NNC(=O)C(NC(=O)c2cccc(Cl)c2)C(C)C)cc(Br)c1OCC(=O)O. The van der Waals surface area contributed by atoms with Gasteiger partial charge >= 0.3 is 5.97 Å². The highest BCUT2D eigenvalue weighted by Gasteiger charge is 2.24. The monoisotopic (exact) mass is 539 g/mol. The standard InChI is InChI=1S/C22H23BrClN3O6/c1-12(2)19(26-21(30)14-5-4-6-15(24)9-14)22(31)27-25-10-13-7-16(23)20(17(8-13)32-3)33-11-18(28)29/h4-10,12,19H,11H2,1-3H3,(H,26,30)(H,27,31)(H,28,29). The topological polar surface area (TPSA) is 126 Å². The molecule has 0 bridgehead atoms. The van der Waals surface area contributed by atoms with E-state index in [-0.39, 0.29) is 17.4 Å². The van der Waals surface area contributed by atoms with Gasteiger partial charge in [-0.05, 0) is 57.7 Å². The van der Waals surface area contributed by atoms with Gasteiger partial charge in [-0.25, -0.2) is 10.2 Å². The average molecular weight is 541 g/mol. The van der Waals surface area contributed by atoms with Crippen LogP contribution in [0.1, 0.15) is 29.8 Å². The third kappa shape index (κ3) is 7.76. The van der Waals surface area contributed by atoms with Gasteiger partial charge in [-0.2, -0.15) is 5.10 Å². The summed E-state index contributed by atoms with van der Waals surface area (Å²) in [6.07, 6.45) is 1.38. The molecule has 0 aliphatic heterocycles. The molecule has 1 atom stereocenters. The van der Waals surface area contributed by atoms with Crippen molar-refractivity contribution in [3.05, 3.63) is 57.0 Å². The first kappa shape index (κ1) is 26.1. The Morgan fingerprint density at radius 1 is 1.24 bits per heavy atom. The molecule has 176 valence electrons. The lowest BCUT2D eigenvalue weighted by molar-refractivity contribution is -0.139. The summed E-state index contributed by atoms with van der Waals surface area (Å²) in [5.41, 5.74) is 3.30. The Morgan fingerprint density at radius 3 is 2.58 bits per heavy atom. The van der Waals surface area contributed by atoms with E-state index >= 15 is 0 Å². The number of carbonyl (C=O) groups excluding carboxylic acids is 2. The van der Waals surface area contributed by atoms with E-state index in [9.17, 15) is 14.4 Å². The zero-order valence-corrected chi connectivity index (χ0v) is 20.4. The molecule has 0 radical (unpaired) electrons. The summed E-state index contributed by atoms with van der Waals surface area (Å²) >= 11 is 9.23. The molecule has 9 nitrogen and oxygen atoms in total. The van der Waals surface area contributed by atoms with Crippen LogP contribution >= 0.6 is 27.5 Å². The molecule has 0 heterocycles. The van der Waals surface area contributed by atoms with Crippen molar-refractivity contribution in [3.63, 3.8) is 0 Å². The molecule has 2 aromatic carbocycles. The van der Waals surface area contributed by atoms with Gasteiger partial charge < -0.3 is 19.9 Å². The Morgan fingerprint density at radius 2 is 1.97 bits per heavy atom. The molecule has 0 aliphatic rings. The number of halogens is 2. The Bertz CT molecular complexity index is 1060. The first-order chi connectivity index (χ1) is 15.6. The van der Waals surface area contributed by atoms with E-state index in [2.05, 4.69) is 31.8 Å². The Labute approximate surface area is 204 Å². The number of nitrogens with one attached hydrogen (secondary N) is 2. The lowest BCUT2D eigenvalue weighted by Gasteiger charge is -2.20. The van der Waals surface area contributed by atoms with Gasteiger partial charge in [0.25, 0.3) is 11.8 Å². The normalized spacial score (nSPS) is 11.8. The lowest BCUT2D eigenvalue weighted by Crippen LogP contribution is -2.48. The van der Waals surface area contributed by atoms with E-state index in [1.807, 2.05) is 0 Å². The fourth-order valence-corrected chi connectivity index (χ4v) is 3.48. The molecule has 2 aromatic rings. The molecule has 11 heteroatoms. The largest absolute Gasteiger partial charge is 0.493 e. The first-order valence-electron chi connectivity index (χ1n) is 9.73. The first-order valence-corrected chi connectivity index (χ1v) is 10.9. The predicted molar refractivity (Wildman–Crippen MR) is 127 cm³/mol. The minimum Gasteiger partial charge on any atom is -0.493 e. The third-order valence-electron chi connectivity index (χ3n) is 4.30. The molecule has 0 saturated heterocycles. The van der Waals surface area contributed by atoms with E-state index in [0.29, 0.717) is 20.6 Å². The quantitative estimate of drug-likeness (QED) is 0.313. The molecular formula is C22H23BrClN3O6. The maximum atomic E-state index is 12.6. The van der Waals surface area contributed by atoms with Gasteiger partial charge in [-0.3, -0.25) is 9.59 Å². The summed E-state index contributed by atoms with van der Waals surface area (Å²) < 4.78 is 10.9. The molecule has 2 rings (SSSR count). The number of hydrogen-bond acceptors (Lipinski definition) is 6. The second-order valence-electron chi connectivity index (χ2n) is 7.16. The number of hydrogen-bond donors (Lipinski definition) is 3. The predicted octanol–water partition coefficient (Wildman–Crippen LogP) is 3.48. The van der Waals surface area contributed by atoms with E-state index in [4.69, 9.17) is 26.2 Å². The van der Waals surface area contributed by atoms with Crippen molar-refractivity contribution in [2.45, 2.75) is 19.9 Å². The highest BCUT2D eigenvalue weighted by Crippen LogP contribution is 2.36. The van der Waals surface area contributed by atoms with Crippen molar-refractivity contribution >= 4 is 51.5 Å². The molecule has 33 heavy (non-hydrogen) atoms. The van der Waals surface area contributed by atoms with Gasteiger partial charge in [0, 0.05) is 10.6 Å². The van der Waals surface area contributed by atoms with Crippen LogP contribution in [-0.4, -0.2) is 48.9 Å². The number of nitrogens with zero attached hydrogens (tertiary/aromatic N) is 1. The van der Waals surface area contributed by atoms with Gasteiger partial charge in [0.15, 0.2) is 18.1 Å². The van der Waals surface area contributed by atoms with E-state index in [0.717, 1.165) is 0 Å². The average Bonchev–Trinajstić information content (AvgIpc) is 2.75. The molecule has 3 N–H and O–H groups in total. The zero-order valence-electron chi connectivity index (χ0n) is 18.1. The number of ether oxygens (including phenoxy) is 2. The number of hydrazone groups is 1. The van der Waals surface area contributed by atoms with Crippen molar-refractivity contribution < 1.29 is 29.0 Å². The number of methoxy groups -OCH3 is 1. The van der Waals surface area contributed by atoms with Crippen LogP contribution in [0.4, 0.5) is 0 Å². The molecule has 0 spiro atoms. The Hall–Kier alpha value is -3.11. The molecule has 0 aliphatic carbocycles. The van der Waals surface area contributed by atoms with Crippen LogP contribution < -0.4 is 20.2 Å². The van der Waals surface area contributed by atoms with Crippen molar-refractivity contribution in [1.29, 1.82) is 0 Å². The van der Waals surface area contributed by atoms with Crippen LogP contribution in [0.3, 0.4) is 0 Å². The number of carboxylic acid groups (broad SMARTS) is 1. The summed E-state index contributed by atoms with van der Waals surface area (Å²) in [7, 11) is 1.41. The van der Waals surface area contributed by atoms with E-state index < -0.39 is 30.4 Å². The van der Waals surface area contributed by atoms with Gasteiger partial charge in [-0.15, -0.1) is 0 Å². The molecule has 1 unspecified atom stereocenters. The summed E-state index contributed by atoms with van der Waals surface area (Å²) in [6.45, 7) is 3.06. The van der Waals surface area contributed by atoms with E-state index in [1.54, 1.807) is 44.2 Å². The zero-order chi connectivity index (χ0) is 24.5. The number of carbonyl (C=O) groups is 3. The van der Waals surface area contributed by atoms with Crippen LogP contribution in [0, 0.1) is 5.92 Å². The fourth-order valence-electron chi connectivity index (χ4n) is 2.72. The van der Waals surface area contributed by atoms with Crippen LogP contribution in [0.2, 0.25) is 5.02 Å². The lowest BCUT2D eigenvalue weighted by atomic mass is 10.0. The van der Waals surface area contributed by atoms with Gasteiger partial charge in [0.2, 0.25) is 0 Å². The van der Waals surface area contributed by atoms with Gasteiger partial charge in [-0.1, -0.05) is 31.5 Å². The molecule has 2 amide bonds. The fraction of sp³-hybridized carbons (Fsp3) is 0.273. The highest BCUT2D eigenvalue weighted by atomic mass is 79.9. The highest BCUT2D eigenvalue weighted by molar-refractivity contribution is 9.10. The number of aliphatic carboxylic acids is 1. The van der Waals surface area contributed by atoms with Crippen molar-refractivity contribution in [2.75, 3.05) is 13.7 Å². The van der Waals surface area contributed by atoms with Crippen LogP contribution in [-0.2, 0) is 9.59 Å². The Balaban J connectivity index is 2.09. The maximum absolute atomic E-state index is 12.6. The molecule has 0 saturated carbocycles. The summed E-state index contributed by atoms with van der Waals surface area (Å²) in [5.74, 6) is -1.75. The number of rotatable bonds is 10. The van der Waals surface area contributed by atoms with Crippen LogP contribution in [0.25, 0.3) is 0 Å². The van der Waals surface area contributed by atoms with E-state index in [1.165, 1.54) is 19.4 Å². The maximum Gasteiger partial charge on any atom is 0.341 e. The Kier molecular flexibility index (Phi) is 9.68. The summed E-state index contributed by atoms with van der Waals surface area (Å²) in [6, 6.07) is 8.77. The minimum atomic E-state index is -1.13. The summed E-state index contributed by atoms with van der Waals surface area (Å²) in [4.78, 5) is 35.9. The number of benzene rings is 2. The van der Waals surface area contributed by atoms with Crippen LogP contribution in [0.15, 0.2) is 46.0 Å². The molecule has 0 fully saturated rings. The third-order valence-corrected chi connectivity index (χ3v) is 5.13. The smallest absolute Gasteiger partial charge is 0.341 e. The number of amides is 2. The van der Waals surface area contributed by atoms with Gasteiger partial charge in [0.1, 0.15) is 6.04 Å². The van der Waals surface area contributed by atoms with Crippen molar-refractivity contribution in [2.24, 2.45) is 11.0 Å². The summed E-state index contributed by atoms with van der Waals surface area (Å²) in [5, 5.41) is 15.9. The van der Waals surface area contributed by atoms with Crippen molar-refractivity contribution in [1.82, 2.24) is 10.7 Å². The molecule has 0 aromatic heterocycles. The van der Waals surface area contributed by atoms with Gasteiger partial charge in [0.05, 0.1) is 17.8 Å². The second kappa shape index (κ2) is 12.2.